The summed E-state index contributed by atoms with van der Waals surface area (Å²) in [4.78, 5) is 33.4. The quantitative estimate of drug-likeness (QED) is 0.781. The lowest BCUT2D eigenvalue weighted by molar-refractivity contribution is -0.0204. The van der Waals surface area contributed by atoms with Crippen LogP contribution in [0.5, 0.6) is 0 Å². The molecule has 126 valence electrons. The Morgan fingerprint density at radius 3 is 2.96 bits per heavy atom. The monoisotopic (exact) mass is 347 g/mol. The van der Waals surface area contributed by atoms with Crippen LogP contribution in [0.2, 0.25) is 0 Å². The summed E-state index contributed by atoms with van der Waals surface area (Å²) in [7, 11) is -3.08. The molecule has 0 aliphatic carbocycles. The normalized spacial score (nSPS) is 22.1. The van der Waals surface area contributed by atoms with Gasteiger partial charge in [-0.15, -0.1) is 0 Å². The lowest BCUT2D eigenvalue weighted by atomic mass is 10.2. The number of hydrogen-bond donors (Lipinski definition) is 2. The van der Waals surface area contributed by atoms with Gasteiger partial charge >= 0.3 is 7.82 Å². The average molecular weight is 347 g/mol. The molecule has 0 saturated carbocycles. The van der Waals surface area contributed by atoms with Gasteiger partial charge in [-0.3, -0.25) is 9.32 Å². The topological polar surface area (TPSA) is 116 Å². The Balaban J connectivity index is 1.84. The molecule has 1 fully saturated rings. The van der Waals surface area contributed by atoms with Crippen molar-refractivity contribution in [2.24, 2.45) is 7.05 Å². The number of phosphoric acid groups is 1. The summed E-state index contributed by atoms with van der Waals surface area (Å²) >= 11 is 0. The van der Waals surface area contributed by atoms with Gasteiger partial charge in [-0.25, -0.2) is 13.9 Å². The van der Waals surface area contributed by atoms with Crippen LogP contribution in [0.3, 0.4) is 0 Å². The molecule has 2 aromatic heterocycles. The fourth-order valence-corrected chi connectivity index (χ4v) is 2.96. The van der Waals surface area contributed by atoms with Crippen LogP contribution in [0.15, 0.2) is 17.3 Å². The fourth-order valence-electron chi connectivity index (χ4n) is 2.60. The van der Waals surface area contributed by atoms with Crippen molar-refractivity contribution in [3.63, 3.8) is 0 Å². The molecular formula is C12H15FN3O6P. The van der Waals surface area contributed by atoms with Crippen LogP contribution < -0.4 is 5.56 Å². The lowest BCUT2D eigenvalue weighted by Gasteiger charge is -2.16. The van der Waals surface area contributed by atoms with E-state index in [1.165, 1.54) is 22.5 Å². The molecule has 2 atom stereocenters. The van der Waals surface area contributed by atoms with Crippen LogP contribution in [0.4, 0.5) is 4.39 Å². The molecule has 2 aromatic rings. The van der Waals surface area contributed by atoms with Crippen molar-refractivity contribution in [2.45, 2.75) is 25.2 Å². The molecule has 23 heavy (non-hydrogen) atoms. The van der Waals surface area contributed by atoms with Gasteiger partial charge in [0.2, 0.25) is 0 Å². The first-order chi connectivity index (χ1) is 10.8. The average Bonchev–Trinajstić information content (AvgIpc) is 3.05. The van der Waals surface area contributed by atoms with Crippen molar-refractivity contribution in [1.29, 1.82) is 0 Å². The second-order valence-electron chi connectivity index (χ2n) is 5.32. The number of hydrogen-bond acceptors (Lipinski definition) is 5. The van der Waals surface area contributed by atoms with Crippen molar-refractivity contribution < 1.29 is 28.0 Å². The Hall–Kier alpha value is -1.58. The molecule has 0 aromatic carbocycles. The number of ether oxygens (including phenoxy) is 1. The Bertz CT molecular complexity index is 843. The van der Waals surface area contributed by atoms with Crippen LogP contribution in [0, 0.1) is 5.82 Å². The van der Waals surface area contributed by atoms with E-state index in [2.05, 4.69) is 9.51 Å². The van der Waals surface area contributed by atoms with Crippen molar-refractivity contribution in [3.05, 3.63) is 28.7 Å². The SMILES string of the molecule is Cn1cnc2c(c(F)cn2[C@H]2CC[C@@H](COP(=O)(O)O)O2)c1=O. The summed E-state index contributed by atoms with van der Waals surface area (Å²) in [6, 6.07) is 0. The van der Waals surface area contributed by atoms with Gasteiger partial charge in [0.1, 0.15) is 11.6 Å². The van der Waals surface area contributed by atoms with E-state index in [9.17, 15) is 13.8 Å². The molecule has 0 amide bonds. The third kappa shape index (κ3) is 3.22. The molecule has 2 N–H and O–H groups in total. The van der Waals surface area contributed by atoms with E-state index < -0.39 is 31.5 Å². The third-order valence-corrected chi connectivity index (χ3v) is 4.16. The zero-order valence-electron chi connectivity index (χ0n) is 12.1. The van der Waals surface area contributed by atoms with Crippen LogP contribution in [-0.2, 0) is 20.9 Å². The number of nitrogens with zero attached hydrogens (tertiary/aromatic N) is 3. The highest BCUT2D eigenvalue weighted by atomic mass is 31.2. The molecule has 3 heterocycles. The number of aryl methyl sites for hydroxylation is 1. The van der Waals surface area contributed by atoms with Crippen molar-refractivity contribution >= 4 is 18.9 Å². The van der Waals surface area contributed by atoms with E-state index in [-0.39, 0.29) is 17.6 Å². The van der Waals surface area contributed by atoms with Crippen molar-refractivity contribution in [2.75, 3.05) is 6.61 Å². The predicted molar refractivity (Wildman–Crippen MR) is 76.1 cm³/mol. The summed E-state index contributed by atoms with van der Waals surface area (Å²) in [5.74, 6) is -0.688. The molecule has 1 saturated heterocycles. The Morgan fingerprint density at radius 1 is 1.52 bits per heavy atom. The molecule has 1 aliphatic heterocycles. The van der Waals surface area contributed by atoms with Gasteiger partial charge in [0.05, 0.1) is 19.0 Å². The van der Waals surface area contributed by atoms with E-state index in [0.29, 0.717) is 12.8 Å². The molecule has 0 radical (unpaired) electrons. The number of fused-ring (bicyclic) bond motifs is 1. The van der Waals surface area contributed by atoms with Gasteiger partial charge in [0.25, 0.3) is 5.56 Å². The number of phosphoric ester groups is 1. The summed E-state index contributed by atoms with van der Waals surface area (Å²) in [5.41, 5.74) is -0.321. The Morgan fingerprint density at radius 2 is 2.26 bits per heavy atom. The minimum absolute atomic E-state index is 0.117. The smallest absolute Gasteiger partial charge is 0.352 e. The highest BCUT2D eigenvalue weighted by Crippen LogP contribution is 2.38. The first-order valence-corrected chi connectivity index (χ1v) is 8.36. The number of rotatable bonds is 4. The van der Waals surface area contributed by atoms with Crippen LogP contribution in [0.1, 0.15) is 19.1 Å². The Kier molecular flexibility index (Phi) is 4.11. The molecule has 0 bridgehead atoms. The molecule has 3 rings (SSSR count). The first-order valence-electron chi connectivity index (χ1n) is 6.83. The van der Waals surface area contributed by atoms with Gasteiger partial charge in [-0.05, 0) is 12.8 Å². The van der Waals surface area contributed by atoms with E-state index in [1.54, 1.807) is 0 Å². The summed E-state index contributed by atoms with van der Waals surface area (Å²) in [5, 5.41) is -0.117. The molecule has 0 spiro atoms. The summed E-state index contributed by atoms with van der Waals surface area (Å²) in [6.07, 6.45) is 2.30. The van der Waals surface area contributed by atoms with E-state index in [4.69, 9.17) is 14.5 Å². The lowest BCUT2D eigenvalue weighted by Crippen LogP contribution is -2.19. The predicted octanol–water partition coefficient (Wildman–Crippen LogP) is 0.661. The zero-order chi connectivity index (χ0) is 16.8. The Labute approximate surface area is 129 Å². The highest BCUT2D eigenvalue weighted by Gasteiger charge is 2.31. The second-order valence-corrected chi connectivity index (χ2v) is 6.56. The van der Waals surface area contributed by atoms with E-state index in [1.807, 2.05) is 0 Å². The minimum Gasteiger partial charge on any atom is -0.352 e. The fraction of sp³-hybridized carbons (Fsp3) is 0.500. The van der Waals surface area contributed by atoms with E-state index in [0.717, 1.165) is 6.20 Å². The summed E-state index contributed by atoms with van der Waals surface area (Å²) in [6.45, 7) is -0.266. The largest absolute Gasteiger partial charge is 0.469 e. The molecule has 9 nitrogen and oxygen atoms in total. The minimum atomic E-state index is -4.56. The first kappa shape index (κ1) is 16.3. The van der Waals surface area contributed by atoms with Gasteiger partial charge < -0.3 is 23.7 Å². The number of halogens is 1. The highest BCUT2D eigenvalue weighted by molar-refractivity contribution is 7.46. The van der Waals surface area contributed by atoms with E-state index >= 15 is 0 Å². The molecular weight excluding hydrogens is 332 g/mol. The maximum Gasteiger partial charge on any atom is 0.469 e. The maximum atomic E-state index is 14.0. The summed E-state index contributed by atoms with van der Waals surface area (Å²) < 4.78 is 37.4. The molecule has 11 heteroatoms. The second kappa shape index (κ2) is 5.81. The van der Waals surface area contributed by atoms with Crippen molar-refractivity contribution in [3.8, 4) is 0 Å². The van der Waals surface area contributed by atoms with Gasteiger partial charge in [-0.1, -0.05) is 0 Å². The van der Waals surface area contributed by atoms with Gasteiger partial charge in [0.15, 0.2) is 11.5 Å². The van der Waals surface area contributed by atoms with Crippen LogP contribution >= 0.6 is 7.82 Å². The number of aromatic nitrogens is 3. The molecule has 0 unspecified atom stereocenters. The van der Waals surface area contributed by atoms with Crippen LogP contribution in [0.25, 0.3) is 11.0 Å². The maximum absolute atomic E-state index is 14.0. The third-order valence-electron chi connectivity index (χ3n) is 3.67. The molecule has 1 aliphatic rings. The zero-order valence-corrected chi connectivity index (χ0v) is 13.0. The van der Waals surface area contributed by atoms with Gasteiger partial charge in [-0.2, -0.15) is 0 Å². The van der Waals surface area contributed by atoms with Gasteiger partial charge in [0, 0.05) is 13.2 Å². The van der Waals surface area contributed by atoms with Crippen molar-refractivity contribution in [1.82, 2.24) is 14.1 Å². The standard InChI is InChI=1S/C12H15FN3O6P/c1-15-6-14-11-10(12(15)17)8(13)4-16(11)9-3-2-7(22-9)5-21-23(18,19)20/h4,6-7,9H,2-3,5H2,1H3,(H2,18,19,20)/t7-,9+/m0/s1. The van der Waals surface area contributed by atoms with Crippen LogP contribution in [-0.4, -0.2) is 36.6 Å².